The van der Waals surface area contributed by atoms with Gasteiger partial charge in [-0.25, -0.2) is 0 Å². The molecule has 17 heavy (non-hydrogen) atoms. The fourth-order valence-corrected chi connectivity index (χ4v) is 1.63. The van der Waals surface area contributed by atoms with E-state index in [4.69, 9.17) is 11.6 Å². The zero-order chi connectivity index (χ0) is 12.3. The van der Waals surface area contributed by atoms with Crippen molar-refractivity contribution in [1.29, 1.82) is 0 Å². The summed E-state index contributed by atoms with van der Waals surface area (Å²) < 4.78 is 0. The standard InChI is InChI=1S/C13H18ClNO.Na/c1-9-6-5-7-10(13(2,3)4)12(9)15-11(16)8-14;/h5-7H,8H2,1-4H3,(H,15,16);/q;+1/p-1. The Morgan fingerprint density at radius 3 is 2.41 bits per heavy atom. The third kappa shape index (κ3) is 4.63. The molecule has 1 aromatic rings. The first kappa shape index (κ1) is 17.0. The van der Waals surface area contributed by atoms with E-state index in [0.717, 1.165) is 16.8 Å². The minimum absolute atomic E-state index is 0. The molecule has 1 aromatic carbocycles. The second kappa shape index (κ2) is 6.79. The summed E-state index contributed by atoms with van der Waals surface area (Å²) in [6.07, 6.45) is 0. The smallest absolute Gasteiger partial charge is 0.625 e. The molecule has 0 bridgehead atoms. The predicted molar refractivity (Wildman–Crippen MR) is 68.6 cm³/mol. The molecule has 0 heterocycles. The van der Waals surface area contributed by atoms with Crippen molar-refractivity contribution < 1.29 is 34.4 Å². The van der Waals surface area contributed by atoms with Gasteiger partial charge in [0.05, 0.1) is 11.8 Å². The summed E-state index contributed by atoms with van der Waals surface area (Å²) in [6, 6.07) is 5.95. The van der Waals surface area contributed by atoms with Crippen molar-refractivity contribution in [1.82, 2.24) is 0 Å². The quantitative estimate of drug-likeness (QED) is 0.579. The van der Waals surface area contributed by atoms with Crippen LogP contribution in [0.1, 0.15) is 31.9 Å². The van der Waals surface area contributed by atoms with Gasteiger partial charge in [-0.2, -0.15) is 0 Å². The van der Waals surface area contributed by atoms with Gasteiger partial charge in [0, 0.05) is 0 Å². The Morgan fingerprint density at radius 1 is 1.35 bits per heavy atom. The number of aryl methyl sites for hydroxylation is 1. The number of alkyl halides is 1. The molecule has 0 fully saturated rings. The van der Waals surface area contributed by atoms with Gasteiger partial charge in [0.15, 0.2) is 0 Å². The normalized spacial score (nSPS) is 10.6. The molecule has 0 unspecified atom stereocenters. The molecule has 0 aliphatic rings. The molecule has 0 aliphatic heterocycles. The molecule has 0 radical (unpaired) electrons. The van der Waals surface area contributed by atoms with E-state index in [1.54, 1.807) is 0 Å². The van der Waals surface area contributed by atoms with Crippen LogP contribution >= 0.6 is 11.6 Å². The maximum atomic E-state index is 11.3. The van der Waals surface area contributed by atoms with Crippen LogP contribution in [0.5, 0.6) is 0 Å². The number of carbonyl (C=O) groups excluding carboxylic acids is 1. The van der Waals surface area contributed by atoms with E-state index in [9.17, 15) is 4.79 Å². The summed E-state index contributed by atoms with van der Waals surface area (Å²) >= 11 is 5.48. The summed E-state index contributed by atoms with van der Waals surface area (Å²) in [6.45, 7) is 8.26. The van der Waals surface area contributed by atoms with Gasteiger partial charge >= 0.3 is 29.6 Å². The van der Waals surface area contributed by atoms with Crippen LogP contribution in [0.2, 0.25) is 0 Å². The summed E-state index contributed by atoms with van der Waals surface area (Å²) in [5, 5.41) is 4.07. The van der Waals surface area contributed by atoms with Crippen molar-refractivity contribution in [2.24, 2.45) is 0 Å². The largest absolute Gasteiger partial charge is 1.00 e. The number of hydrogen-bond donors (Lipinski definition) is 0. The zero-order valence-electron chi connectivity index (χ0n) is 11.2. The second-order valence-electron chi connectivity index (χ2n) is 4.86. The van der Waals surface area contributed by atoms with Crippen LogP contribution in [-0.2, 0) is 10.2 Å². The molecule has 4 heteroatoms. The van der Waals surface area contributed by atoms with E-state index in [0.29, 0.717) is 0 Å². The number of nitrogens with zero attached hydrogens (tertiary/aromatic N) is 1. The van der Waals surface area contributed by atoms with Crippen molar-refractivity contribution >= 4 is 23.2 Å². The van der Waals surface area contributed by atoms with Gasteiger partial charge in [-0.15, -0.1) is 17.3 Å². The summed E-state index contributed by atoms with van der Waals surface area (Å²) in [5.41, 5.74) is 2.81. The van der Waals surface area contributed by atoms with Crippen molar-refractivity contribution in [3.63, 3.8) is 0 Å². The molecule has 0 saturated carbocycles. The average molecular weight is 262 g/mol. The van der Waals surface area contributed by atoms with Crippen LogP contribution in [-0.4, -0.2) is 11.8 Å². The second-order valence-corrected chi connectivity index (χ2v) is 5.13. The van der Waals surface area contributed by atoms with E-state index in [2.05, 4.69) is 26.1 Å². The van der Waals surface area contributed by atoms with E-state index < -0.39 is 0 Å². The molecule has 88 valence electrons. The number of rotatable bonds is 2. The Bertz CT molecular complexity index is 399. The van der Waals surface area contributed by atoms with Crippen molar-refractivity contribution in [3.05, 3.63) is 34.6 Å². The Labute approximate surface area is 130 Å². The first-order valence-corrected chi connectivity index (χ1v) is 5.80. The molecule has 0 atom stereocenters. The molecular formula is C13H17ClNNaO. The number of benzene rings is 1. The average Bonchev–Trinajstić information content (AvgIpc) is 2.19. The molecule has 1 amide bonds. The molecule has 2 nitrogen and oxygen atoms in total. The number of para-hydroxylation sites is 1. The minimum atomic E-state index is -0.290. The number of halogens is 1. The van der Waals surface area contributed by atoms with Gasteiger partial charge in [0.2, 0.25) is 0 Å². The van der Waals surface area contributed by atoms with Crippen LogP contribution in [0.3, 0.4) is 0 Å². The Balaban J connectivity index is 0.00000256. The molecule has 0 N–H and O–H groups in total. The molecular weight excluding hydrogens is 245 g/mol. The zero-order valence-corrected chi connectivity index (χ0v) is 13.9. The molecule has 1 rings (SSSR count). The van der Waals surface area contributed by atoms with Crippen LogP contribution in [0.15, 0.2) is 18.2 Å². The van der Waals surface area contributed by atoms with Crippen molar-refractivity contribution in [2.75, 3.05) is 5.88 Å². The van der Waals surface area contributed by atoms with Gasteiger partial charge in [0.25, 0.3) is 0 Å². The number of hydrogen-bond acceptors (Lipinski definition) is 1. The van der Waals surface area contributed by atoms with E-state index in [1.807, 2.05) is 25.1 Å². The Kier molecular flexibility index (Phi) is 6.78. The number of amides is 1. The SMILES string of the molecule is Cc1cccc(C(C)(C)C)c1[N-]C(=O)CCl.[Na+]. The van der Waals surface area contributed by atoms with Gasteiger partial charge in [-0.1, -0.05) is 50.1 Å². The molecule has 0 aliphatic carbocycles. The Hall–Kier alpha value is -0.0200. The minimum Gasteiger partial charge on any atom is -0.625 e. The van der Waals surface area contributed by atoms with Gasteiger partial charge in [-0.3, -0.25) is 0 Å². The van der Waals surface area contributed by atoms with E-state index in [1.165, 1.54) is 0 Å². The fourth-order valence-electron chi connectivity index (χ4n) is 1.57. The fraction of sp³-hybridized carbons (Fsp3) is 0.462. The third-order valence-electron chi connectivity index (χ3n) is 2.40. The molecule has 0 spiro atoms. The summed E-state index contributed by atoms with van der Waals surface area (Å²) in [4.78, 5) is 11.3. The van der Waals surface area contributed by atoms with Crippen LogP contribution in [0.4, 0.5) is 5.69 Å². The topological polar surface area (TPSA) is 31.2 Å². The predicted octanol–water partition coefficient (Wildman–Crippen LogP) is 1.07. The maximum Gasteiger partial charge on any atom is 1.00 e. The third-order valence-corrected chi connectivity index (χ3v) is 2.63. The van der Waals surface area contributed by atoms with Crippen molar-refractivity contribution in [3.8, 4) is 0 Å². The molecule has 0 saturated heterocycles. The van der Waals surface area contributed by atoms with E-state index >= 15 is 0 Å². The first-order valence-electron chi connectivity index (χ1n) is 5.27. The number of carbonyl (C=O) groups is 1. The van der Waals surface area contributed by atoms with Crippen molar-refractivity contribution in [2.45, 2.75) is 33.1 Å². The van der Waals surface area contributed by atoms with E-state index in [-0.39, 0.29) is 46.8 Å². The van der Waals surface area contributed by atoms with Gasteiger partial charge in [-0.05, 0) is 12.3 Å². The molecule has 0 aromatic heterocycles. The summed E-state index contributed by atoms with van der Waals surface area (Å²) in [7, 11) is 0. The maximum absolute atomic E-state index is 11.3. The summed E-state index contributed by atoms with van der Waals surface area (Å²) in [5.74, 6) is -0.362. The monoisotopic (exact) mass is 261 g/mol. The van der Waals surface area contributed by atoms with Crippen LogP contribution < -0.4 is 29.6 Å². The van der Waals surface area contributed by atoms with Gasteiger partial charge in [0.1, 0.15) is 0 Å². The Morgan fingerprint density at radius 2 is 1.94 bits per heavy atom. The first-order chi connectivity index (χ1) is 7.36. The van der Waals surface area contributed by atoms with Crippen LogP contribution in [0, 0.1) is 6.92 Å². The van der Waals surface area contributed by atoms with Crippen LogP contribution in [0.25, 0.3) is 5.32 Å². The van der Waals surface area contributed by atoms with Gasteiger partial charge < -0.3 is 10.1 Å².